The molecule has 0 radical (unpaired) electrons. The van der Waals surface area contributed by atoms with Crippen molar-refractivity contribution in [2.24, 2.45) is 5.92 Å². The molecular formula is C17H24N4O2. The third kappa shape index (κ3) is 2.16. The van der Waals surface area contributed by atoms with Crippen molar-refractivity contribution in [1.29, 1.82) is 0 Å². The van der Waals surface area contributed by atoms with Crippen molar-refractivity contribution >= 4 is 12.1 Å². The molecule has 6 heteroatoms. The molecule has 2 aliphatic heterocycles. The fraction of sp³-hybridized carbons (Fsp3) is 0.529. The van der Waals surface area contributed by atoms with E-state index in [1.807, 2.05) is 32.3 Å². The Morgan fingerprint density at radius 2 is 1.30 bits per heavy atom. The number of rotatable bonds is 1. The summed E-state index contributed by atoms with van der Waals surface area (Å²) < 4.78 is 0. The molecule has 3 rings (SSSR count). The van der Waals surface area contributed by atoms with Crippen LogP contribution in [-0.2, 0) is 0 Å². The number of carbonyl (C=O) groups excluding carboxylic acids is 2. The lowest BCUT2D eigenvalue weighted by Gasteiger charge is -2.57. The number of urea groups is 2. The summed E-state index contributed by atoms with van der Waals surface area (Å²) in [4.78, 5) is 32.1. The van der Waals surface area contributed by atoms with Crippen LogP contribution >= 0.6 is 0 Å². The normalized spacial score (nSPS) is 31.5. The van der Waals surface area contributed by atoms with E-state index in [1.165, 1.54) is 0 Å². The molecule has 4 amide bonds. The molecular weight excluding hydrogens is 292 g/mol. The van der Waals surface area contributed by atoms with Gasteiger partial charge in [-0.1, -0.05) is 30.3 Å². The molecule has 6 nitrogen and oxygen atoms in total. The highest BCUT2D eigenvalue weighted by molar-refractivity contribution is 5.80. The summed E-state index contributed by atoms with van der Waals surface area (Å²) in [5, 5.41) is 0. The Morgan fingerprint density at radius 3 is 1.87 bits per heavy atom. The summed E-state index contributed by atoms with van der Waals surface area (Å²) in [6, 6.07) is 9.94. The van der Waals surface area contributed by atoms with Gasteiger partial charge in [0.25, 0.3) is 0 Å². The van der Waals surface area contributed by atoms with E-state index in [1.54, 1.807) is 33.7 Å². The van der Waals surface area contributed by atoms with Gasteiger partial charge < -0.3 is 19.6 Å². The maximum Gasteiger partial charge on any atom is 0.321 e. The van der Waals surface area contributed by atoms with Gasteiger partial charge in [0.2, 0.25) is 0 Å². The molecule has 2 saturated heterocycles. The molecule has 0 spiro atoms. The van der Waals surface area contributed by atoms with Crippen LogP contribution in [0.15, 0.2) is 30.3 Å². The Labute approximate surface area is 137 Å². The quantitative estimate of drug-likeness (QED) is 0.796. The Bertz CT molecular complexity index is 616. The van der Waals surface area contributed by atoms with Crippen LogP contribution in [0, 0.1) is 5.92 Å². The van der Waals surface area contributed by atoms with Crippen molar-refractivity contribution in [1.82, 2.24) is 19.6 Å². The lowest BCUT2D eigenvalue weighted by atomic mass is 9.80. The molecule has 124 valence electrons. The second-order valence-corrected chi connectivity index (χ2v) is 6.60. The van der Waals surface area contributed by atoms with Gasteiger partial charge in [-0.25, -0.2) is 9.59 Å². The molecule has 0 unspecified atom stereocenters. The minimum Gasteiger partial charge on any atom is -0.324 e. The highest BCUT2D eigenvalue weighted by Crippen LogP contribution is 2.43. The summed E-state index contributed by atoms with van der Waals surface area (Å²) in [6.45, 7) is 2.07. The summed E-state index contributed by atoms with van der Waals surface area (Å²) in [5.41, 5.74) is 1.11. The molecule has 0 bridgehead atoms. The van der Waals surface area contributed by atoms with Crippen LogP contribution in [0.3, 0.4) is 0 Å². The first kappa shape index (κ1) is 15.6. The molecule has 1 aromatic rings. The molecule has 0 N–H and O–H groups in total. The Hall–Kier alpha value is -2.24. The third-order valence-corrected chi connectivity index (χ3v) is 5.44. The fourth-order valence-corrected chi connectivity index (χ4v) is 4.08. The van der Waals surface area contributed by atoms with Crippen molar-refractivity contribution in [3.63, 3.8) is 0 Å². The van der Waals surface area contributed by atoms with Gasteiger partial charge in [-0.2, -0.15) is 0 Å². The summed E-state index contributed by atoms with van der Waals surface area (Å²) in [7, 11) is 7.23. The smallest absolute Gasteiger partial charge is 0.321 e. The van der Waals surface area contributed by atoms with E-state index in [0.717, 1.165) is 5.56 Å². The lowest BCUT2D eigenvalue weighted by molar-refractivity contribution is -0.0652. The average Bonchev–Trinajstić information content (AvgIpc) is 2.56. The fourth-order valence-electron chi connectivity index (χ4n) is 4.08. The van der Waals surface area contributed by atoms with E-state index in [4.69, 9.17) is 0 Å². The van der Waals surface area contributed by atoms with Crippen LogP contribution in [0.2, 0.25) is 0 Å². The number of benzene rings is 1. The second kappa shape index (κ2) is 5.44. The van der Waals surface area contributed by atoms with Gasteiger partial charge in [0.15, 0.2) is 0 Å². The van der Waals surface area contributed by atoms with Crippen LogP contribution < -0.4 is 0 Å². The Kier molecular flexibility index (Phi) is 3.70. The van der Waals surface area contributed by atoms with Crippen molar-refractivity contribution in [3.8, 4) is 0 Å². The van der Waals surface area contributed by atoms with Crippen molar-refractivity contribution < 1.29 is 9.59 Å². The zero-order valence-electron chi connectivity index (χ0n) is 14.3. The number of fused-ring (bicyclic) bond motifs is 1. The topological polar surface area (TPSA) is 47.1 Å². The van der Waals surface area contributed by atoms with Crippen LogP contribution in [-0.4, -0.2) is 72.1 Å². The predicted octanol–water partition coefficient (Wildman–Crippen LogP) is 2.05. The largest absolute Gasteiger partial charge is 0.324 e. The predicted molar refractivity (Wildman–Crippen MR) is 87.8 cm³/mol. The highest BCUT2D eigenvalue weighted by Gasteiger charge is 2.53. The van der Waals surface area contributed by atoms with E-state index < -0.39 is 0 Å². The zero-order chi connectivity index (χ0) is 16.9. The molecule has 2 heterocycles. The molecule has 1 aromatic carbocycles. The van der Waals surface area contributed by atoms with Crippen molar-refractivity contribution in [3.05, 3.63) is 35.9 Å². The van der Waals surface area contributed by atoms with Crippen LogP contribution in [0.5, 0.6) is 0 Å². The summed E-state index contributed by atoms with van der Waals surface area (Å²) in [6.07, 6.45) is -0.234. The monoisotopic (exact) mass is 316 g/mol. The number of hydrogen-bond donors (Lipinski definition) is 0. The van der Waals surface area contributed by atoms with E-state index in [-0.39, 0.29) is 36.2 Å². The SMILES string of the molecule is C[C@@H]1[C@H]2[C@@H](N(C)C(=O)N1C)N(C)C(=O)N(C)[C@@H]2c1ccccc1. The zero-order valence-corrected chi connectivity index (χ0v) is 14.3. The van der Waals surface area contributed by atoms with Gasteiger partial charge in [-0.3, -0.25) is 0 Å². The molecule has 2 aliphatic rings. The maximum atomic E-state index is 12.7. The first-order valence-electron chi connectivity index (χ1n) is 7.90. The minimum absolute atomic E-state index is 0.0342. The lowest BCUT2D eigenvalue weighted by Crippen LogP contribution is -2.71. The van der Waals surface area contributed by atoms with E-state index in [2.05, 4.69) is 19.1 Å². The van der Waals surface area contributed by atoms with Gasteiger partial charge in [-0.15, -0.1) is 0 Å². The molecule has 2 fully saturated rings. The van der Waals surface area contributed by atoms with E-state index in [9.17, 15) is 9.59 Å². The second-order valence-electron chi connectivity index (χ2n) is 6.60. The standard InChI is InChI=1S/C17H24N4O2/c1-11-13-14(12-9-7-6-8-10-12)19(3)17(23)21(5)15(13)20(4)16(22)18(11)2/h6-11,13-15H,1-5H3/t11-,13-,14-,15+/m1/s1. The first-order chi connectivity index (χ1) is 10.9. The molecule has 0 aliphatic carbocycles. The van der Waals surface area contributed by atoms with Crippen molar-refractivity contribution in [2.45, 2.75) is 25.2 Å². The minimum atomic E-state index is -0.234. The summed E-state index contributed by atoms with van der Waals surface area (Å²) in [5.74, 6) is 0.109. The molecule has 4 atom stereocenters. The van der Waals surface area contributed by atoms with Crippen molar-refractivity contribution in [2.75, 3.05) is 28.2 Å². The average molecular weight is 316 g/mol. The summed E-state index contributed by atoms with van der Waals surface area (Å²) >= 11 is 0. The highest BCUT2D eigenvalue weighted by atomic mass is 16.2. The number of nitrogens with zero attached hydrogens (tertiary/aromatic N) is 4. The van der Waals surface area contributed by atoms with Gasteiger partial charge in [-0.05, 0) is 12.5 Å². The van der Waals surface area contributed by atoms with Gasteiger partial charge >= 0.3 is 12.1 Å². The molecule has 0 aromatic heterocycles. The number of amides is 4. The molecule has 0 saturated carbocycles. The van der Waals surface area contributed by atoms with Crippen LogP contribution in [0.25, 0.3) is 0 Å². The van der Waals surface area contributed by atoms with Crippen LogP contribution in [0.4, 0.5) is 9.59 Å². The third-order valence-electron chi connectivity index (χ3n) is 5.44. The first-order valence-corrected chi connectivity index (χ1v) is 7.90. The van der Waals surface area contributed by atoms with Crippen LogP contribution in [0.1, 0.15) is 18.5 Å². The number of carbonyl (C=O) groups is 2. The molecule has 23 heavy (non-hydrogen) atoms. The van der Waals surface area contributed by atoms with E-state index >= 15 is 0 Å². The van der Waals surface area contributed by atoms with Gasteiger partial charge in [0, 0.05) is 40.2 Å². The Morgan fingerprint density at radius 1 is 0.783 bits per heavy atom. The maximum absolute atomic E-state index is 12.7. The number of hydrogen-bond acceptors (Lipinski definition) is 2. The van der Waals surface area contributed by atoms with Gasteiger partial charge in [0.05, 0.1) is 6.04 Å². The Balaban J connectivity index is 2.11. The van der Waals surface area contributed by atoms with Gasteiger partial charge in [0.1, 0.15) is 6.17 Å². The van der Waals surface area contributed by atoms with E-state index in [0.29, 0.717) is 0 Å².